The highest BCUT2D eigenvalue weighted by Crippen LogP contribution is 2.31. The van der Waals surface area contributed by atoms with Crippen LogP contribution in [0.5, 0.6) is 0 Å². The summed E-state index contributed by atoms with van der Waals surface area (Å²) < 4.78 is 23.9. The summed E-state index contributed by atoms with van der Waals surface area (Å²) in [5.41, 5.74) is 3.12. The van der Waals surface area contributed by atoms with Crippen LogP contribution >= 0.6 is 0 Å². The summed E-state index contributed by atoms with van der Waals surface area (Å²) in [6.07, 6.45) is 3.64. The van der Waals surface area contributed by atoms with Crippen molar-refractivity contribution in [1.29, 1.82) is 0 Å². The molecule has 2 aromatic carbocycles. The fraction of sp³-hybridized carbons (Fsp3) is 0.174. The molecule has 0 aliphatic carbocycles. The van der Waals surface area contributed by atoms with Crippen molar-refractivity contribution in [2.45, 2.75) is 17.7 Å². The van der Waals surface area contributed by atoms with Crippen molar-refractivity contribution >= 4 is 33.0 Å². The number of hydrogen-bond donors (Lipinski definition) is 1. The predicted molar refractivity (Wildman–Crippen MR) is 118 cm³/mol. The van der Waals surface area contributed by atoms with Crippen molar-refractivity contribution in [1.82, 2.24) is 4.98 Å². The van der Waals surface area contributed by atoms with Gasteiger partial charge in [-0.15, -0.1) is 0 Å². The van der Waals surface area contributed by atoms with E-state index >= 15 is 0 Å². The molecular formula is C23H21N3O4S. The Labute approximate surface area is 180 Å². The van der Waals surface area contributed by atoms with Crippen LogP contribution in [0.15, 0.2) is 71.8 Å². The van der Waals surface area contributed by atoms with Crippen molar-refractivity contribution in [2.24, 2.45) is 0 Å². The van der Waals surface area contributed by atoms with Crippen molar-refractivity contribution < 1.29 is 18.0 Å². The van der Waals surface area contributed by atoms with Gasteiger partial charge in [-0.25, -0.2) is 8.42 Å². The third-order valence-corrected chi connectivity index (χ3v) is 6.28. The molecule has 2 heterocycles. The van der Waals surface area contributed by atoms with Crippen molar-refractivity contribution in [2.75, 3.05) is 23.0 Å². The van der Waals surface area contributed by atoms with Crippen molar-refractivity contribution in [3.8, 4) is 0 Å². The van der Waals surface area contributed by atoms with Gasteiger partial charge in [0, 0.05) is 36.1 Å². The number of carbonyl (C=O) groups is 2. The Balaban J connectivity index is 1.51. The maximum absolute atomic E-state index is 12.7. The third-order valence-electron chi connectivity index (χ3n) is 5.12. The highest BCUT2D eigenvalue weighted by molar-refractivity contribution is 7.90. The molecule has 31 heavy (non-hydrogen) atoms. The molecule has 0 bridgehead atoms. The zero-order valence-corrected chi connectivity index (χ0v) is 17.7. The fourth-order valence-electron chi connectivity index (χ4n) is 3.67. The van der Waals surface area contributed by atoms with E-state index in [0.717, 1.165) is 23.2 Å². The van der Waals surface area contributed by atoms with Gasteiger partial charge in [0.05, 0.1) is 16.9 Å². The number of nitrogens with one attached hydrogen (secondary N) is 1. The minimum absolute atomic E-state index is 0.0139. The molecule has 0 spiro atoms. The van der Waals surface area contributed by atoms with Crippen LogP contribution in [0, 0.1) is 0 Å². The van der Waals surface area contributed by atoms with Crippen LogP contribution in [0.25, 0.3) is 0 Å². The van der Waals surface area contributed by atoms with Gasteiger partial charge in [-0.05, 0) is 54.4 Å². The molecular weight excluding hydrogens is 414 g/mol. The van der Waals surface area contributed by atoms with Crippen molar-refractivity contribution in [3.05, 3.63) is 83.7 Å². The van der Waals surface area contributed by atoms with Crippen LogP contribution in [-0.4, -0.2) is 38.0 Å². The number of benzene rings is 2. The van der Waals surface area contributed by atoms with Crippen LogP contribution in [0.2, 0.25) is 0 Å². The quantitative estimate of drug-likeness (QED) is 0.665. The molecule has 1 aliphatic rings. The summed E-state index contributed by atoms with van der Waals surface area (Å²) in [6, 6.07) is 16.9. The maximum Gasteiger partial charge on any atom is 0.256 e. The van der Waals surface area contributed by atoms with Gasteiger partial charge >= 0.3 is 0 Å². The Morgan fingerprint density at radius 2 is 1.84 bits per heavy atom. The van der Waals surface area contributed by atoms with Gasteiger partial charge < -0.3 is 10.2 Å². The van der Waals surface area contributed by atoms with E-state index in [1.54, 1.807) is 35.4 Å². The molecule has 8 heteroatoms. The first kappa shape index (κ1) is 20.7. The van der Waals surface area contributed by atoms with Crippen LogP contribution in [0.3, 0.4) is 0 Å². The average Bonchev–Trinajstić information content (AvgIpc) is 3.17. The van der Waals surface area contributed by atoms with Crippen LogP contribution in [-0.2, 0) is 27.5 Å². The topological polar surface area (TPSA) is 96.4 Å². The van der Waals surface area contributed by atoms with E-state index in [2.05, 4.69) is 10.3 Å². The van der Waals surface area contributed by atoms with E-state index in [9.17, 15) is 18.0 Å². The first-order valence-electron chi connectivity index (χ1n) is 9.76. The summed E-state index contributed by atoms with van der Waals surface area (Å²) in [5.74, 6) is -0.529. The van der Waals surface area contributed by atoms with Crippen LogP contribution in [0.4, 0.5) is 11.4 Å². The molecule has 0 atom stereocenters. The summed E-state index contributed by atoms with van der Waals surface area (Å²) in [4.78, 5) is 31.4. The Kier molecular flexibility index (Phi) is 5.56. The molecule has 7 nitrogen and oxygen atoms in total. The SMILES string of the molecule is CS(=O)(=O)c1ccccc1C(=O)Nc1ccc2c(c1)CCN2C(=O)Cc1ccccn1. The molecule has 0 unspecified atom stereocenters. The van der Waals surface area contributed by atoms with E-state index in [0.29, 0.717) is 18.7 Å². The van der Waals surface area contributed by atoms with Gasteiger partial charge in [0.2, 0.25) is 5.91 Å². The second-order valence-electron chi connectivity index (χ2n) is 7.36. The molecule has 4 rings (SSSR count). The molecule has 0 radical (unpaired) electrons. The van der Waals surface area contributed by atoms with Gasteiger partial charge in [-0.1, -0.05) is 18.2 Å². The number of fused-ring (bicyclic) bond motifs is 1. The van der Waals surface area contributed by atoms with Gasteiger partial charge in [0.15, 0.2) is 9.84 Å². The fourth-order valence-corrected chi connectivity index (χ4v) is 4.55. The lowest BCUT2D eigenvalue weighted by atomic mass is 10.1. The monoisotopic (exact) mass is 435 g/mol. The highest BCUT2D eigenvalue weighted by atomic mass is 32.2. The molecule has 1 aliphatic heterocycles. The minimum atomic E-state index is -3.53. The number of nitrogens with zero attached hydrogens (tertiary/aromatic N) is 2. The first-order valence-corrected chi connectivity index (χ1v) is 11.7. The lowest BCUT2D eigenvalue weighted by Gasteiger charge is -2.17. The zero-order chi connectivity index (χ0) is 22.0. The van der Waals surface area contributed by atoms with Crippen molar-refractivity contribution in [3.63, 3.8) is 0 Å². The van der Waals surface area contributed by atoms with E-state index in [4.69, 9.17) is 0 Å². The third kappa shape index (κ3) is 4.49. The normalized spacial score (nSPS) is 13.0. The van der Waals surface area contributed by atoms with E-state index in [1.807, 2.05) is 24.3 Å². The predicted octanol–water partition coefficient (Wildman–Crippen LogP) is 2.87. The molecule has 0 saturated heterocycles. The Morgan fingerprint density at radius 1 is 1.06 bits per heavy atom. The number of carbonyl (C=O) groups excluding carboxylic acids is 2. The van der Waals surface area contributed by atoms with Gasteiger partial charge in [-0.3, -0.25) is 14.6 Å². The van der Waals surface area contributed by atoms with E-state index in [-0.39, 0.29) is 22.8 Å². The van der Waals surface area contributed by atoms with E-state index in [1.165, 1.54) is 12.1 Å². The Hall–Kier alpha value is -3.52. The summed E-state index contributed by atoms with van der Waals surface area (Å²) >= 11 is 0. The lowest BCUT2D eigenvalue weighted by molar-refractivity contribution is -0.117. The Bertz CT molecular complexity index is 1260. The molecule has 2 amide bonds. The molecule has 158 valence electrons. The number of anilines is 2. The average molecular weight is 436 g/mol. The smallest absolute Gasteiger partial charge is 0.256 e. The number of sulfone groups is 1. The van der Waals surface area contributed by atoms with Crippen LogP contribution < -0.4 is 10.2 Å². The summed E-state index contributed by atoms with van der Waals surface area (Å²) in [6.45, 7) is 0.565. The van der Waals surface area contributed by atoms with Crippen LogP contribution in [0.1, 0.15) is 21.6 Å². The maximum atomic E-state index is 12.7. The molecule has 3 aromatic rings. The number of rotatable bonds is 5. The molecule has 1 N–H and O–H groups in total. The summed E-state index contributed by atoms with van der Waals surface area (Å²) in [5, 5.41) is 2.77. The number of aromatic nitrogens is 1. The van der Waals surface area contributed by atoms with Gasteiger partial charge in [0.25, 0.3) is 5.91 Å². The summed E-state index contributed by atoms with van der Waals surface area (Å²) in [7, 11) is -3.53. The first-order chi connectivity index (χ1) is 14.8. The number of hydrogen-bond acceptors (Lipinski definition) is 5. The largest absolute Gasteiger partial charge is 0.322 e. The second-order valence-corrected chi connectivity index (χ2v) is 9.34. The number of amides is 2. The molecule has 0 saturated carbocycles. The molecule has 0 fully saturated rings. The zero-order valence-electron chi connectivity index (χ0n) is 16.9. The van der Waals surface area contributed by atoms with Gasteiger partial charge in [0.1, 0.15) is 0 Å². The molecule has 1 aromatic heterocycles. The Morgan fingerprint density at radius 3 is 2.58 bits per heavy atom. The number of pyridine rings is 1. The van der Waals surface area contributed by atoms with E-state index < -0.39 is 15.7 Å². The minimum Gasteiger partial charge on any atom is -0.322 e. The standard InChI is InChI=1S/C23H21N3O4S/c1-31(29,30)21-8-3-2-7-19(21)23(28)25-18-9-10-20-16(14-18)11-13-26(20)22(27)15-17-6-4-5-12-24-17/h2-10,12,14H,11,13,15H2,1H3,(H,25,28). The lowest BCUT2D eigenvalue weighted by Crippen LogP contribution is -2.30. The van der Waals surface area contributed by atoms with Gasteiger partial charge in [-0.2, -0.15) is 0 Å². The highest BCUT2D eigenvalue weighted by Gasteiger charge is 2.25. The second kappa shape index (κ2) is 8.31.